The van der Waals surface area contributed by atoms with Gasteiger partial charge in [-0.2, -0.15) is 0 Å². The van der Waals surface area contributed by atoms with Gasteiger partial charge in [0.25, 0.3) is 0 Å². The van der Waals surface area contributed by atoms with Gasteiger partial charge in [0.05, 0.1) is 18.7 Å². The largest absolute Gasteiger partial charge is 0.394 e. The molecule has 0 spiro atoms. The SMILES string of the molecule is O=C(N[C@@H](CO)Cc1ccccc1)C1CCCN1. The molecule has 1 aliphatic heterocycles. The topological polar surface area (TPSA) is 61.4 Å². The van der Waals surface area contributed by atoms with E-state index in [1.807, 2.05) is 30.3 Å². The number of aliphatic hydroxyl groups excluding tert-OH is 1. The predicted molar refractivity (Wildman–Crippen MR) is 70.2 cm³/mol. The molecular formula is C14H20N2O2. The number of hydrogen-bond donors (Lipinski definition) is 3. The van der Waals surface area contributed by atoms with E-state index in [2.05, 4.69) is 10.6 Å². The summed E-state index contributed by atoms with van der Waals surface area (Å²) in [5.74, 6) is 0.00230. The van der Waals surface area contributed by atoms with E-state index in [4.69, 9.17) is 0 Å². The maximum atomic E-state index is 11.9. The van der Waals surface area contributed by atoms with E-state index in [-0.39, 0.29) is 24.6 Å². The fourth-order valence-electron chi connectivity index (χ4n) is 2.27. The van der Waals surface area contributed by atoms with Crippen LogP contribution in [0.3, 0.4) is 0 Å². The Bertz CT molecular complexity index is 375. The average Bonchev–Trinajstić information content (AvgIpc) is 2.93. The van der Waals surface area contributed by atoms with Crippen LogP contribution >= 0.6 is 0 Å². The number of hydrogen-bond acceptors (Lipinski definition) is 3. The standard InChI is InChI=1S/C14H20N2O2/c17-10-12(9-11-5-2-1-3-6-11)16-14(18)13-7-4-8-15-13/h1-3,5-6,12-13,15,17H,4,7-10H2,(H,16,18)/t12-,13?/m1/s1. The first-order chi connectivity index (χ1) is 8.79. The van der Waals surface area contributed by atoms with Crippen molar-refractivity contribution in [1.82, 2.24) is 10.6 Å². The van der Waals surface area contributed by atoms with Crippen LogP contribution in [-0.2, 0) is 11.2 Å². The lowest BCUT2D eigenvalue weighted by Crippen LogP contribution is -2.47. The number of amides is 1. The fraction of sp³-hybridized carbons (Fsp3) is 0.500. The molecule has 0 saturated carbocycles. The monoisotopic (exact) mass is 248 g/mol. The molecule has 0 aromatic heterocycles. The van der Waals surface area contributed by atoms with Crippen LogP contribution in [0.1, 0.15) is 18.4 Å². The Balaban J connectivity index is 1.87. The quantitative estimate of drug-likeness (QED) is 0.709. The van der Waals surface area contributed by atoms with E-state index < -0.39 is 0 Å². The van der Waals surface area contributed by atoms with Crippen molar-refractivity contribution < 1.29 is 9.90 Å². The van der Waals surface area contributed by atoms with Crippen molar-refractivity contribution >= 4 is 5.91 Å². The summed E-state index contributed by atoms with van der Waals surface area (Å²) in [5, 5.41) is 15.4. The zero-order valence-electron chi connectivity index (χ0n) is 10.4. The van der Waals surface area contributed by atoms with E-state index in [9.17, 15) is 9.90 Å². The molecule has 1 aromatic carbocycles. The van der Waals surface area contributed by atoms with Crippen LogP contribution in [0.25, 0.3) is 0 Å². The number of nitrogens with one attached hydrogen (secondary N) is 2. The normalized spacial score (nSPS) is 20.6. The molecule has 2 rings (SSSR count). The van der Waals surface area contributed by atoms with Crippen LogP contribution in [0.4, 0.5) is 0 Å². The van der Waals surface area contributed by atoms with Gasteiger partial charge in [-0.1, -0.05) is 30.3 Å². The Morgan fingerprint density at radius 3 is 2.83 bits per heavy atom. The Morgan fingerprint density at radius 2 is 2.22 bits per heavy atom. The fourth-order valence-corrected chi connectivity index (χ4v) is 2.27. The van der Waals surface area contributed by atoms with Crippen molar-refractivity contribution in [2.24, 2.45) is 0 Å². The first-order valence-corrected chi connectivity index (χ1v) is 6.48. The molecule has 98 valence electrons. The second-order valence-corrected chi connectivity index (χ2v) is 4.73. The van der Waals surface area contributed by atoms with Crippen LogP contribution in [0.5, 0.6) is 0 Å². The van der Waals surface area contributed by atoms with Gasteiger partial charge in [0.1, 0.15) is 0 Å². The molecule has 0 bridgehead atoms. The highest BCUT2D eigenvalue weighted by Gasteiger charge is 2.23. The third kappa shape index (κ3) is 3.55. The lowest BCUT2D eigenvalue weighted by molar-refractivity contribution is -0.123. The molecule has 1 aliphatic rings. The summed E-state index contributed by atoms with van der Waals surface area (Å²) in [7, 11) is 0. The number of carbonyl (C=O) groups is 1. The maximum Gasteiger partial charge on any atom is 0.237 e. The molecule has 1 aromatic rings. The van der Waals surface area contributed by atoms with E-state index in [0.29, 0.717) is 6.42 Å². The second kappa shape index (κ2) is 6.52. The summed E-state index contributed by atoms with van der Waals surface area (Å²) in [6.07, 6.45) is 2.59. The lowest BCUT2D eigenvalue weighted by atomic mass is 10.1. The highest BCUT2D eigenvalue weighted by atomic mass is 16.3. The van der Waals surface area contributed by atoms with E-state index >= 15 is 0 Å². The van der Waals surface area contributed by atoms with Crippen LogP contribution in [0.2, 0.25) is 0 Å². The Morgan fingerprint density at radius 1 is 1.44 bits per heavy atom. The van der Waals surface area contributed by atoms with Gasteiger partial charge < -0.3 is 15.7 Å². The van der Waals surface area contributed by atoms with Crippen molar-refractivity contribution in [2.45, 2.75) is 31.3 Å². The van der Waals surface area contributed by atoms with Gasteiger partial charge >= 0.3 is 0 Å². The average molecular weight is 248 g/mol. The van der Waals surface area contributed by atoms with Gasteiger partial charge in [0.15, 0.2) is 0 Å². The number of carbonyl (C=O) groups excluding carboxylic acids is 1. The van der Waals surface area contributed by atoms with E-state index in [1.54, 1.807) is 0 Å². The smallest absolute Gasteiger partial charge is 0.237 e. The van der Waals surface area contributed by atoms with Crippen LogP contribution in [-0.4, -0.2) is 36.2 Å². The molecule has 1 unspecified atom stereocenters. The maximum absolute atomic E-state index is 11.9. The highest BCUT2D eigenvalue weighted by molar-refractivity contribution is 5.82. The summed E-state index contributed by atoms with van der Waals surface area (Å²) < 4.78 is 0. The van der Waals surface area contributed by atoms with Crippen molar-refractivity contribution in [3.8, 4) is 0 Å². The molecule has 18 heavy (non-hydrogen) atoms. The van der Waals surface area contributed by atoms with Gasteiger partial charge in [0, 0.05) is 0 Å². The van der Waals surface area contributed by atoms with Crippen LogP contribution < -0.4 is 10.6 Å². The first-order valence-electron chi connectivity index (χ1n) is 6.48. The van der Waals surface area contributed by atoms with E-state index in [0.717, 1.165) is 24.9 Å². The summed E-state index contributed by atoms with van der Waals surface area (Å²) >= 11 is 0. The highest BCUT2D eigenvalue weighted by Crippen LogP contribution is 2.07. The molecule has 0 radical (unpaired) electrons. The van der Waals surface area contributed by atoms with Gasteiger partial charge in [0.2, 0.25) is 5.91 Å². The molecule has 1 amide bonds. The van der Waals surface area contributed by atoms with Crippen LogP contribution in [0.15, 0.2) is 30.3 Å². The molecule has 3 N–H and O–H groups in total. The first kappa shape index (κ1) is 13.1. The molecule has 2 atom stereocenters. The summed E-state index contributed by atoms with van der Waals surface area (Å²) in [4.78, 5) is 11.9. The zero-order chi connectivity index (χ0) is 12.8. The molecule has 1 saturated heterocycles. The lowest BCUT2D eigenvalue weighted by Gasteiger charge is -2.19. The summed E-state index contributed by atoms with van der Waals surface area (Å²) in [6.45, 7) is 0.869. The molecule has 0 aliphatic carbocycles. The second-order valence-electron chi connectivity index (χ2n) is 4.73. The molecule has 4 heteroatoms. The van der Waals surface area contributed by atoms with Gasteiger partial charge in [-0.25, -0.2) is 0 Å². The van der Waals surface area contributed by atoms with Crippen molar-refractivity contribution in [3.63, 3.8) is 0 Å². The predicted octanol–water partition coefficient (Wildman–Crippen LogP) is 0.458. The van der Waals surface area contributed by atoms with Gasteiger partial charge in [-0.05, 0) is 31.4 Å². The minimum absolute atomic E-state index is 0.00230. The van der Waals surface area contributed by atoms with Crippen LogP contribution in [0, 0.1) is 0 Å². The minimum Gasteiger partial charge on any atom is -0.394 e. The minimum atomic E-state index is -0.206. The van der Waals surface area contributed by atoms with Crippen molar-refractivity contribution in [1.29, 1.82) is 0 Å². The molecular weight excluding hydrogens is 228 g/mol. The molecule has 1 fully saturated rings. The number of aliphatic hydroxyl groups is 1. The number of benzene rings is 1. The van der Waals surface area contributed by atoms with Gasteiger partial charge in [-0.15, -0.1) is 0 Å². The molecule has 4 nitrogen and oxygen atoms in total. The van der Waals surface area contributed by atoms with E-state index in [1.165, 1.54) is 0 Å². The van der Waals surface area contributed by atoms with Crippen molar-refractivity contribution in [3.05, 3.63) is 35.9 Å². The van der Waals surface area contributed by atoms with Crippen molar-refractivity contribution in [2.75, 3.05) is 13.2 Å². The third-order valence-corrected chi connectivity index (χ3v) is 3.27. The Kier molecular flexibility index (Phi) is 4.73. The zero-order valence-corrected chi connectivity index (χ0v) is 10.4. The third-order valence-electron chi connectivity index (χ3n) is 3.27. The van der Waals surface area contributed by atoms with Gasteiger partial charge in [-0.3, -0.25) is 4.79 Å². The summed E-state index contributed by atoms with van der Waals surface area (Å²) in [6, 6.07) is 9.59. The Labute approximate surface area is 107 Å². The summed E-state index contributed by atoms with van der Waals surface area (Å²) in [5.41, 5.74) is 1.12. The number of rotatable bonds is 5. The Hall–Kier alpha value is -1.39. The molecule has 1 heterocycles.